The van der Waals surface area contributed by atoms with Crippen LogP contribution in [0.4, 0.5) is 0 Å². The van der Waals surface area contributed by atoms with Crippen LogP contribution in [0.1, 0.15) is 43.8 Å². The lowest BCUT2D eigenvalue weighted by Crippen LogP contribution is -2.38. The summed E-state index contributed by atoms with van der Waals surface area (Å²) in [6.45, 7) is 4.13. The van der Waals surface area contributed by atoms with Gasteiger partial charge in [0.15, 0.2) is 0 Å². The van der Waals surface area contributed by atoms with Gasteiger partial charge in [0.05, 0.1) is 11.8 Å². The van der Waals surface area contributed by atoms with Gasteiger partial charge < -0.3 is 5.32 Å². The van der Waals surface area contributed by atoms with Gasteiger partial charge in [-0.3, -0.25) is 9.69 Å². The molecule has 4 rings (SSSR count). The van der Waals surface area contributed by atoms with Crippen molar-refractivity contribution in [3.05, 3.63) is 35.9 Å². The van der Waals surface area contributed by atoms with Crippen molar-refractivity contribution in [1.82, 2.24) is 30.4 Å². The van der Waals surface area contributed by atoms with Crippen LogP contribution < -0.4 is 5.32 Å². The summed E-state index contributed by atoms with van der Waals surface area (Å²) in [5.41, 5.74) is 1.32. The number of amides is 1. The second-order valence-corrected chi connectivity index (χ2v) is 8.00. The van der Waals surface area contributed by atoms with Crippen LogP contribution >= 0.6 is 11.8 Å². The molecule has 7 nitrogen and oxygen atoms in total. The van der Waals surface area contributed by atoms with E-state index in [1.54, 1.807) is 0 Å². The molecule has 1 aliphatic heterocycles. The van der Waals surface area contributed by atoms with Gasteiger partial charge in [0, 0.05) is 25.2 Å². The number of carbonyl (C=O) groups excluding carboxylic acids is 1. The Morgan fingerprint density at radius 2 is 2.12 bits per heavy atom. The summed E-state index contributed by atoms with van der Waals surface area (Å²) in [7, 11) is 0. The first-order chi connectivity index (χ1) is 12.7. The van der Waals surface area contributed by atoms with E-state index in [4.69, 9.17) is 0 Å². The number of rotatable bonds is 7. The second-order valence-electron chi connectivity index (χ2n) is 7.06. The predicted octanol–water partition coefficient (Wildman–Crippen LogP) is 2.05. The molecule has 0 bridgehead atoms. The average molecular weight is 372 g/mol. The number of hydrogen-bond acceptors (Lipinski definition) is 6. The first-order valence-corrected chi connectivity index (χ1v) is 10.2. The molecule has 1 amide bonds. The van der Waals surface area contributed by atoms with Gasteiger partial charge in [-0.1, -0.05) is 42.1 Å². The number of carbonyl (C=O) groups is 1. The number of likely N-dealkylation sites (tertiary alicyclic amines) is 1. The first kappa shape index (κ1) is 17.5. The molecule has 138 valence electrons. The summed E-state index contributed by atoms with van der Waals surface area (Å²) >= 11 is 1.42. The molecule has 2 heterocycles. The van der Waals surface area contributed by atoms with E-state index in [0.29, 0.717) is 17.8 Å². The summed E-state index contributed by atoms with van der Waals surface area (Å²) in [6.07, 6.45) is 3.25. The van der Waals surface area contributed by atoms with Crippen LogP contribution in [-0.2, 0) is 4.79 Å². The fourth-order valence-corrected chi connectivity index (χ4v) is 4.18. The van der Waals surface area contributed by atoms with E-state index in [9.17, 15) is 4.79 Å². The van der Waals surface area contributed by atoms with Crippen molar-refractivity contribution in [3.8, 4) is 0 Å². The average Bonchev–Trinajstić information content (AvgIpc) is 3.22. The molecule has 26 heavy (non-hydrogen) atoms. The highest BCUT2D eigenvalue weighted by Gasteiger charge is 2.29. The van der Waals surface area contributed by atoms with Crippen LogP contribution in [0.3, 0.4) is 0 Å². The van der Waals surface area contributed by atoms with Crippen molar-refractivity contribution in [2.45, 2.75) is 49.5 Å². The molecule has 0 spiro atoms. The lowest BCUT2D eigenvalue weighted by Gasteiger charge is -2.24. The highest BCUT2D eigenvalue weighted by atomic mass is 32.2. The maximum Gasteiger partial charge on any atom is 0.230 e. The third kappa shape index (κ3) is 4.07. The lowest BCUT2D eigenvalue weighted by atomic mass is 10.1. The quantitative estimate of drug-likeness (QED) is 0.750. The van der Waals surface area contributed by atoms with Crippen molar-refractivity contribution < 1.29 is 4.79 Å². The number of tetrazole rings is 1. The van der Waals surface area contributed by atoms with Crippen LogP contribution in [0.25, 0.3) is 0 Å². The molecule has 1 aliphatic carbocycles. The predicted molar refractivity (Wildman–Crippen MR) is 99.8 cm³/mol. The topological polar surface area (TPSA) is 75.9 Å². The Hall–Kier alpha value is -1.93. The van der Waals surface area contributed by atoms with Crippen LogP contribution in [-0.4, -0.2) is 55.9 Å². The largest absolute Gasteiger partial charge is 0.351 e. The zero-order valence-electron chi connectivity index (χ0n) is 14.9. The third-order valence-corrected chi connectivity index (χ3v) is 6.04. The molecule has 2 atom stereocenters. The van der Waals surface area contributed by atoms with E-state index in [1.807, 2.05) is 10.7 Å². The number of thioether (sulfide) groups is 1. The summed E-state index contributed by atoms with van der Waals surface area (Å²) in [4.78, 5) is 14.7. The molecule has 1 aromatic carbocycles. The highest BCUT2D eigenvalue weighted by Crippen LogP contribution is 2.36. The zero-order chi connectivity index (χ0) is 17.9. The maximum atomic E-state index is 12.3. The summed E-state index contributed by atoms with van der Waals surface area (Å²) in [5, 5.41) is 15.7. The Morgan fingerprint density at radius 1 is 1.31 bits per heavy atom. The fraction of sp³-hybridized carbons (Fsp3) is 0.556. The van der Waals surface area contributed by atoms with Gasteiger partial charge >= 0.3 is 0 Å². The molecule has 0 unspecified atom stereocenters. The van der Waals surface area contributed by atoms with Crippen molar-refractivity contribution in [3.63, 3.8) is 0 Å². The van der Waals surface area contributed by atoms with Crippen LogP contribution in [0.2, 0.25) is 0 Å². The van der Waals surface area contributed by atoms with Crippen LogP contribution in [0.5, 0.6) is 0 Å². The van der Waals surface area contributed by atoms with Crippen molar-refractivity contribution in [1.29, 1.82) is 0 Å². The van der Waals surface area contributed by atoms with Crippen molar-refractivity contribution in [2.24, 2.45) is 0 Å². The molecular formula is C18H24N6OS. The smallest absolute Gasteiger partial charge is 0.230 e. The zero-order valence-corrected chi connectivity index (χ0v) is 15.7. The minimum Gasteiger partial charge on any atom is -0.351 e. The molecule has 8 heteroatoms. The number of hydrogen-bond donors (Lipinski definition) is 1. The minimum absolute atomic E-state index is 0.0551. The lowest BCUT2D eigenvalue weighted by molar-refractivity contribution is -0.119. The van der Waals surface area contributed by atoms with Crippen LogP contribution in [0, 0.1) is 0 Å². The maximum absolute atomic E-state index is 12.3. The molecule has 2 aliphatic rings. The normalized spacial score (nSPS) is 21.7. The second kappa shape index (κ2) is 7.75. The van der Waals surface area contributed by atoms with E-state index in [0.717, 1.165) is 37.5 Å². The van der Waals surface area contributed by atoms with Crippen LogP contribution in [0.15, 0.2) is 35.5 Å². The number of aromatic nitrogens is 4. The number of nitrogens with zero attached hydrogens (tertiary/aromatic N) is 5. The summed E-state index contributed by atoms with van der Waals surface area (Å²) < 4.78 is 1.84. The Morgan fingerprint density at radius 3 is 2.88 bits per heavy atom. The van der Waals surface area contributed by atoms with E-state index in [-0.39, 0.29) is 11.9 Å². The highest BCUT2D eigenvalue weighted by molar-refractivity contribution is 7.99. The Bertz CT molecular complexity index is 747. The molecule has 1 N–H and O–H groups in total. The molecule has 2 aromatic rings. The van der Waals surface area contributed by atoms with E-state index >= 15 is 0 Å². The van der Waals surface area contributed by atoms with Gasteiger partial charge in [0.2, 0.25) is 11.1 Å². The standard InChI is InChI=1S/C18H24N6OS/c1-13(14-5-3-2-4-6-14)23-10-9-15(11-23)19-17(25)12-26-18-20-21-22-24(18)16-7-8-16/h2-6,13,15-16H,7-12H2,1H3,(H,19,25)/t13-,15+/m1/s1. The Labute approximate surface area is 157 Å². The number of nitrogens with one attached hydrogen (secondary N) is 1. The Balaban J connectivity index is 1.24. The van der Waals surface area contributed by atoms with Gasteiger partial charge in [0.25, 0.3) is 0 Å². The van der Waals surface area contributed by atoms with Gasteiger partial charge in [-0.05, 0) is 42.2 Å². The molecule has 1 aromatic heterocycles. The molecular weight excluding hydrogens is 348 g/mol. The SMILES string of the molecule is C[C@H](c1ccccc1)N1CC[C@H](NC(=O)CSc2nnnn2C2CC2)C1. The summed E-state index contributed by atoms with van der Waals surface area (Å²) in [5.74, 6) is 0.414. The van der Waals surface area contributed by atoms with E-state index in [1.165, 1.54) is 17.3 Å². The van der Waals surface area contributed by atoms with Gasteiger partial charge in [-0.25, -0.2) is 4.68 Å². The summed E-state index contributed by atoms with van der Waals surface area (Å²) in [6, 6.07) is 11.5. The number of benzene rings is 1. The molecule has 1 saturated heterocycles. The minimum atomic E-state index is 0.0551. The fourth-order valence-electron chi connectivity index (χ4n) is 3.43. The third-order valence-electron chi connectivity index (χ3n) is 5.10. The monoisotopic (exact) mass is 372 g/mol. The van der Waals surface area contributed by atoms with E-state index < -0.39 is 0 Å². The van der Waals surface area contributed by atoms with Gasteiger partial charge in [-0.15, -0.1) is 5.10 Å². The van der Waals surface area contributed by atoms with Crippen molar-refractivity contribution >= 4 is 17.7 Å². The first-order valence-electron chi connectivity index (χ1n) is 9.19. The molecule has 0 radical (unpaired) electrons. The van der Waals surface area contributed by atoms with Crippen molar-refractivity contribution in [2.75, 3.05) is 18.8 Å². The van der Waals surface area contributed by atoms with Gasteiger partial charge in [-0.2, -0.15) is 0 Å². The van der Waals surface area contributed by atoms with Gasteiger partial charge in [0.1, 0.15) is 0 Å². The van der Waals surface area contributed by atoms with E-state index in [2.05, 4.69) is 56.9 Å². The molecule has 2 fully saturated rings. The Kier molecular flexibility index (Phi) is 5.21. The molecule has 1 saturated carbocycles.